The van der Waals surface area contributed by atoms with E-state index in [1.807, 2.05) is 0 Å². The highest BCUT2D eigenvalue weighted by Crippen LogP contribution is 2.32. The highest BCUT2D eigenvalue weighted by atomic mass is 15.6. The molecule has 2 saturated carbocycles. The second kappa shape index (κ2) is 8.79. The van der Waals surface area contributed by atoms with Crippen molar-refractivity contribution in [2.45, 2.75) is 95.7 Å². The van der Waals surface area contributed by atoms with Gasteiger partial charge < -0.3 is 0 Å². The van der Waals surface area contributed by atoms with Crippen LogP contribution in [0.1, 0.15) is 95.5 Å². The van der Waals surface area contributed by atoms with Gasteiger partial charge in [0.05, 0.1) is 12.1 Å². The highest BCUT2D eigenvalue weighted by molar-refractivity contribution is 4.97. The lowest BCUT2D eigenvalue weighted by molar-refractivity contribution is 0.0507. The summed E-state index contributed by atoms with van der Waals surface area (Å²) in [6.07, 6.45) is 14.7. The van der Waals surface area contributed by atoms with E-state index in [0.717, 1.165) is 31.4 Å². The van der Waals surface area contributed by atoms with Crippen LogP contribution in [-0.2, 0) is 0 Å². The summed E-state index contributed by atoms with van der Waals surface area (Å²) in [7, 11) is 0. The standard InChI is InChI=1S/C20H36N6/c1-2-19(20-21-22-23-26(20)18-11-7-4-8-12-18)25-15-13-24(14-16-25)17-9-5-3-6-10-17/h17-19H,2-16H2,1H3/t19-/m1/s1. The Morgan fingerprint density at radius 2 is 1.46 bits per heavy atom. The third kappa shape index (κ3) is 3.96. The van der Waals surface area contributed by atoms with Gasteiger partial charge in [0.2, 0.25) is 0 Å². The van der Waals surface area contributed by atoms with Crippen molar-refractivity contribution < 1.29 is 0 Å². The molecule has 3 aliphatic rings. The van der Waals surface area contributed by atoms with Crippen LogP contribution in [0.2, 0.25) is 0 Å². The van der Waals surface area contributed by atoms with Crippen LogP contribution in [-0.4, -0.2) is 62.2 Å². The molecule has 0 amide bonds. The first-order chi connectivity index (χ1) is 12.9. The van der Waals surface area contributed by atoms with Gasteiger partial charge in [0.1, 0.15) is 0 Å². The van der Waals surface area contributed by atoms with Gasteiger partial charge in [-0.1, -0.05) is 45.4 Å². The Bertz CT molecular complexity index is 538. The minimum Gasteiger partial charge on any atom is -0.298 e. The monoisotopic (exact) mass is 360 g/mol. The van der Waals surface area contributed by atoms with Crippen LogP contribution in [0.5, 0.6) is 0 Å². The number of rotatable bonds is 5. The van der Waals surface area contributed by atoms with Crippen LogP contribution in [0.3, 0.4) is 0 Å². The maximum atomic E-state index is 4.49. The summed E-state index contributed by atoms with van der Waals surface area (Å²) in [5.41, 5.74) is 0. The first-order valence-electron chi connectivity index (χ1n) is 11.1. The smallest absolute Gasteiger partial charge is 0.168 e. The molecule has 0 aromatic carbocycles. The van der Waals surface area contributed by atoms with Gasteiger partial charge in [0.15, 0.2) is 5.82 Å². The number of aromatic nitrogens is 4. The van der Waals surface area contributed by atoms with Crippen LogP contribution in [0, 0.1) is 0 Å². The molecule has 146 valence electrons. The van der Waals surface area contributed by atoms with E-state index in [9.17, 15) is 0 Å². The Morgan fingerprint density at radius 1 is 0.846 bits per heavy atom. The second-order valence-corrected chi connectivity index (χ2v) is 8.56. The summed E-state index contributed by atoms with van der Waals surface area (Å²) < 4.78 is 2.18. The van der Waals surface area contributed by atoms with Crippen molar-refractivity contribution in [3.63, 3.8) is 0 Å². The van der Waals surface area contributed by atoms with E-state index in [0.29, 0.717) is 12.1 Å². The molecular weight excluding hydrogens is 324 g/mol. The average Bonchev–Trinajstić information content (AvgIpc) is 3.20. The van der Waals surface area contributed by atoms with Gasteiger partial charge in [0.25, 0.3) is 0 Å². The normalized spacial score (nSPS) is 26.2. The quantitative estimate of drug-likeness (QED) is 0.803. The third-order valence-electron chi connectivity index (χ3n) is 7.00. The Hall–Kier alpha value is -1.01. The molecule has 0 unspecified atom stereocenters. The SMILES string of the molecule is CC[C@H](c1nnnn1C1CCCCC1)N1CCN(C2CCCCC2)CC1. The van der Waals surface area contributed by atoms with Crippen molar-refractivity contribution >= 4 is 0 Å². The summed E-state index contributed by atoms with van der Waals surface area (Å²) in [4.78, 5) is 5.40. The highest BCUT2D eigenvalue weighted by Gasteiger charge is 2.32. The molecule has 3 fully saturated rings. The largest absolute Gasteiger partial charge is 0.298 e. The summed E-state index contributed by atoms with van der Waals surface area (Å²) >= 11 is 0. The number of hydrogen-bond donors (Lipinski definition) is 0. The molecule has 2 heterocycles. The van der Waals surface area contributed by atoms with E-state index in [4.69, 9.17) is 0 Å². The maximum absolute atomic E-state index is 4.49. The Kier molecular flexibility index (Phi) is 6.20. The fraction of sp³-hybridized carbons (Fsp3) is 0.950. The van der Waals surface area contributed by atoms with Crippen LogP contribution in [0.15, 0.2) is 0 Å². The lowest BCUT2D eigenvalue weighted by Gasteiger charge is -2.43. The summed E-state index contributed by atoms with van der Waals surface area (Å²) in [5.74, 6) is 1.12. The summed E-state index contributed by atoms with van der Waals surface area (Å²) in [5, 5.41) is 13.0. The maximum Gasteiger partial charge on any atom is 0.168 e. The molecule has 0 bridgehead atoms. The minimum absolute atomic E-state index is 0.375. The van der Waals surface area contributed by atoms with Crippen molar-refractivity contribution in [2.75, 3.05) is 26.2 Å². The van der Waals surface area contributed by atoms with E-state index >= 15 is 0 Å². The second-order valence-electron chi connectivity index (χ2n) is 8.56. The predicted octanol–water partition coefficient (Wildman–Crippen LogP) is 3.58. The van der Waals surface area contributed by atoms with Gasteiger partial charge in [-0.25, -0.2) is 4.68 Å². The lowest BCUT2D eigenvalue weighted by atomic mass is 9.93. The van der Waals surface area contributed by atoms with Gasteiger partial charge >= 0.3 is 0 Å². The number of piperazine rings is 1. The van der Waals surface area contributed by atoms with Crippen LogP contribution >= 0.6 is 0 Å². The summed E-state index contributed by atoms with van der Waals surface area (Å²) in [6.45, 7) is 7.04. The molecule has 6 heteroatoms. The number of tetrazole rings is 1. The third-order valence-corrected chi connectivity index (χ3v) is 7.00. The van der Waals surface area contributed by atoms with Crippen molar-refractivity contribution in [1.82, 2.24) is 30.0 Å². The van der Waals surface area contributed by atoms with Crippen molar-refractivity contribution in [1.29, 1.82) is 0 Å². The zero-order valence-corrected chi connectivity index (χ0v) is 16.5. The molecule has 1 aromatic rings. The lowest BCUT2D eigenvalue weighted by Crippen LogP contribution is -2.51. The summed E-state index contributed by atoms with van der Waals surface area (Å²) in [6, 6.07) is 1.74. The molecule has 26 heavy (non-hydrogen) atoms. The zero-order chi connectivity index (χ0) is 17.8. The van der Waals surface area contributed by atoms with E-state index in [1.165, 1.54) is 77.3 Å². The van der Waals surface area contributed by atoms with Crippen molar-refractivity contribution in [3.8, 4) is 0 Å². The molecule has 6 nitrogen and oxygen atoms in total. The van der Waals surface area contributed by atoms with Gasteiger partial charge in [-0.3, -0.25) is 9.80 Å². The Morgan fingerprint density at radius 3 is 2.08 bits per heavy atom. The molecule has 1 aromatic heterocycles. The molecule has 2 aliphatic carbocycles. The Labute approximate surface area is 158 Å². The zero-order valence-electron chi connectivity index (χ0n) is 16.5. The van der Waals surface area contributed by atoms with E-state index in [2.05, 4.69) is 36.9 Å². The molecule has 0 radical (unpaired) electrons. The van der Waals surface area contributed by atoms with Crippen LogP contribution in [0.25, 0.3) is 0 Å². The average molecular weight is 361 g/mol. The first kappa shape index (κ1) is 18.4. The van der Waals surface area contributed by atoms with E-state index in [1.54, 1.807) is 0 Å². The molecule has 1 saturated heterocycles. The topological polar surface area (TPSA) is 50.1 Å². The van der Waals surface area contributed by atoms with E-state index < -0.39 is 0 Å². The fourth-order valence-corrected chi connectivity index (χ4v) is 5.47. The molecule has 4 rings (SSSR count). The Balaban J connectivity index is 1.40. The predicted molar refractivity (Wildman–Crippen MR) is 103 cm³/mol. The van der Waals surface area contributed by atoms with Gasteiger partial charge in [-0.15, -0.1) is 5.10 Å². The first-order valence-corrected chi connectivity index (χ1v) is 11.1. The number of hydrogen-bond acceptors (Lipinski definition) is 5. The number of nitrogens with zero attached hydrogens (tertiary/aromatic N) is 6. The molecular formula is C20H36N6. The molecule has 1 atom stereocenters. The minimum atomic E-state index is 0.375. The van der Waals surface area contributed by atoms with Gasteiger partial charge in [-0.2, -0.15) is 0 Å². The molecule has 1 aliphatic heterocycles. The fourth-order valence-electron chi connectivity index (χ4n) is 5.47. The van der Waals surface area contributed by atoms with Crippen LogP contribution in [0.4, 0.5) is 0 Å². The molecule has 0 N–H and O–H groups in total. The van der Waals surface area contributed by atoms with E-state index in [-0.39, 0.29) is 0 Å². The van der Waals surface area contributed by atoms with Gasteiger partial charge in [-0.05, 0) is 42.5 Å². The van der Waals surface area contributed by atoms with Crippen LogP contribution < -0.4 is 0 Å². The molecule has 0 spiro atoms. The van der Waals surface area contributed by atoms with Gasteiger partial charge in [0, 0.05) is 32.2 Å². The van der Waals surface area contributed by atoms with Crippen molar-refractivity contribution in [3.05, 3.63) is 5.82 Å². The van der Waals surface area contributed by atoms with Crippen molar-refractivity contribution in [2.24, 2.45) is 0 Å².